The van der Waals surface area contributed by atoms with E-state index in [4.69, 9.17) is 0 Å². The van der Waals surface area contributed by atoms with Crippen molar-refractivity contribution < 1.29 is 9.59 Å². The molecule has 1 aliphatic heterocycles. The van der Waals surface area contributed by atoms with E-state index in [1.165, 1.54) is 0 Å². The summed E-state index contributed by atoms with van der Waals surface area (Å²) < 4.78 is 0. The number of amides is 1. The van der Waals surface area contributed by atoms with Gasteiger partial charge in [-0.15, -0.1) is 0 Å². The van der Waals surface area contributed by atoms with Gasteiger partial charge in [-0.25, -0.2) is 0 Å². The lowest BCUT2D eigenvalue weighted by Gasteiger charge is -2.50. The normalized spacial score (nSPS) is 27.0. The average molecular weight is 167 g/mol. The lowest BCUT2D eigenvalue weighted by Crippen LogP contribution is -2.56. The van der Waals surface area contributed by atoms with E-state index in [9.17, 15) is 9.59 Å². The van der Waals surface area contributed by atoms with Gasteiger partial charge < -0.3 is 4.90 Å². The third kappa shape index (κ3) is 1.13. The zero-order valence-corrected chi connectivity index (χ0v) is 7.08. The second-order valence-corrected chi connectivity index (χ2v) is 4.05. The molecule has 1 amide bonds. The third-order valence-corrected chi connectivity index (χ3v) is 3.09. The summed E-state index contributed by atoms with van der Waals surface area (Å²) in [6.45, 7) is 1.76. The molecule has 66 valence electrons. The van der Waals surface area contributed by atoms with Crippen LogP contribution >= 0.6 is 0 Å². The van der Waals surface area contributed by atoms with Crippen LogP contribution in [0.5, 0.6) is 0 Å². The fraction of sp³-hybridized carbons (Fsp3) is 0.778. The van der Waals surface area contributed by atoms with Crippen molar-refractivity contribution in [3.8, 4) is 0 Å². The number of likely N-dealkylation sites (tertiary alicyclic amines) is 1. The summed E-state index contributed by atoms with van der Waals surface area (Å²) in [6.07, 6.45) is 4.35. The van der Waals surface area contributed by atoms with Crippen LogP contribution in [0.15, 0.2) is 0 Å². The molecule has 0 N–H and O–H groups in total. The van der Waals surface area contributed by atoms with Crippen molar-refractivity contribution in [2.24, 2.45) is 5.41 Å². The van der Waals surface area contributed by atoms with Crippen molar-refractivity contribution in [1.29, 1.82) is 0 Å². The van der Waals surface area contributed by atoms with Crippen LogP contribution in [0, 0.1) is 5.41 Å². The fourth-order valence-electron chi connectivity index (χ4n) is 2.27. The van der Waals surface area contributed by atoms with Gasteiger partial charge >= 0.3 is 0 Å². The Bertz CT molecular complexity index is 199. The van der Waals surface area contributed by atoms with Crippen LogP contribution in [0.4, 0.5) is 0 Å². The molecule has 3 nitrogen and oxygen atoms in total. The Balaban J connectivity index is 1.90. The molecule has 0 unspecified atom stereocenters. The van der Waals surface area contributed by atoms with Crippen LogP contribution in [-0.4, -0.2) is 30.2 Å². The second kappa shape index (κ2) is 2.57. The van der Waals surface area contributed by atoms with Gasteiger partial charge in [-0.3, -0.25) is 9.59 Å². The molecule has 1 aliphatic carbocycles. The Morgan fingerprint density at radius 1 is 1.25 bits per heavy atom. The van der Waals surface area contributed by atoms with Gasteiger partial charge in [0.15, 0.2) is 0 Å². The first-order valence-corrected chi connectivity index (χ1v) is 4.45. The van der Waals surface area contributed by atoms with Crippen LogP contribution in [0.1, 0.15) is 25.7 Å². The standard InChI is InChI=1S/C9H13NO2/c11-7-10-5-9(6-10)3-1-8(12)2-4-9/h7H,1-6H2. The highest BCUT2D eigenvalue weighted by Gasteiger charge is 2.44. The van der Waals surface area contributed by atoms with Gasteiger partial charge in [0.1, 0.15) is 5.78 Å². The van der Waals surface area contributed by atoms with Crippen LogP contribution in [0.3, 0.4) is 0 Å². The summed E-state index contributed by atoms with van der Waals surface area (Å²) in [5.41, 5.74) is 0.328. The molecule has 0 aromatic rings. The zero-order valence-electron chi connectivity index (χ0n) is 7.08. The lowest BCUT2D eigenvalue weighted by atomic mass is 9.68. The summed E-state index contributed by atoms with van der Waals surface area (Å²) in [6, 6.07) is 0. The number of carbonyl (C=O) groups is 2. The van der Waals surface area contributed by atoms with Crippen molar-refractivity contribution in [1.82, 2.24) is 4.90 Å². The van der Waals surface area contributed by atoms with Gasteiger partial charge in [0, 0.05) is 31.3 Å². The smallest absolute Gasteiger partial charge is 0.209 e. The van der Waals surface area contributed by atoms with Crippen LogP contribution in [0.25, 0.3) is 0 Å². The number of ketones is 1. The van der Waals surface area contributed by atoms with E-state index >= 15 is 0 Å². The molecule has 0 aromatic carbocycles. The van der Waals surface area contributed by atoms with Crippen molar-refractivity contribution in [2.75, 3.05) is 13.1 Å². The maximum Gasteiger partial charge on any atom is 0.209 e. The van der Waals surface area contributed by atoms with Gasteiger partial charge in [-0.05, 0) is 12.8 Å². The molecular weight excluding hydrogens is 154 g/mol. The zero-order chi connectivity index (χ0) is 8.60. The Hall–Kier alpha value is -0.860. The van der Waals surface area contributed by atoms with Crippen molar-refractivity contribution >= 4 is 12.2 Å². The molecule has 0 aromatic heterocycles. The SMILES string of the molecule is O=CN1CC2(CCC(=O)CC2)C1. The van der Waals surface area contributed by atoms with Crippen LogP contribution in [-0.2, 0) is 9.59 Å². The predicted octanol–water partition coefficient (Wildman–Crippen LogP) is 0.588. The number of hydrogen-bond acceptors (Lipinski definition) is 2. The van der Waals surface area contributed by atoms with Gasteiger partial charge in [0.05, 0.1) is 0 Å². The van der Waals surface area contributed by atoms with Crippen molar-refractivity contribution in [3.63, 3.8) is 0 Å². The van der Waals surface area contributed by atoms with E-state index < -0.39 is 0 Å². The average Bonchev–Trinajstić information content (AvgIpc) is 2.02. The molecule has 2 fully saturated rings. The maximum atomic E-state index is 11.0. The van der Waals surface area contributed by atoms with Gasteiger partial charge in [-0.2, -0.15) is 0 Å². The van der Waals surface area contributed by atoms with E-state index in [0.29, 0.717) is 11.2 Å². The summed E-state index contributed by atoms with van der Waals surface area (Å²) in [5.74, 6) is 0.394. The van der Waals surface area contributed by atoms with E-state index in [1.807, 2.05) is 0 Å². The van der Waals surface area contributed by atoms with Crippen molar-refractivity contribution in [2.45, 2.75) is 25.7 Å². The Labute approximate surface area is 71.7 Å². The first-order chi connectivity index (χ1) is 5.74. The Morgan fingerprint density at radius 2 is 1.83 bits per heavy atom. The fourth-order valence-corrected chi connectivity index (χ4v) is 2.27. The minimum absolute atomic E-state index is 0.328. The summed E-state index contributed by atoms with van der Waals surface area (Å²) in [4.78, 5) is 23.1. The van der Waals surface area contributed by atoms with Gasteiger partial charge in [0.25, 0.3) is 0 Å². The number of Topliss-reactive ketones (excluding diaryl/α,β-unsaturated/α-hetero) is 1. The number of carbonyl (C=O) groups excluding carboxylic acids is 2. The van der Waals surface area contributed by atoms with Crippen molar-refractivity contribution in [3.05, 3.63) is 0 Å². The van der Waals surface area contributed by atoms with Gasteiger partial charge in [0.2, 0.25) is 6.41 Å². The largest absolute Gasteiger partial charge is 0.344 e. The molecule has 1 saturated carbocycles. The Kier molecular flexibility index (Phi) is 1.67. The van der Waals surface area contributed by atoms with E-state index in [-0.39, 0.29) is 0 Å². The topological polar surface area (TPSA) is 37.4 Å². The lowest BCUT2D eigenvalue weighted by molar-refractivity contribution is -0.135. The second-order valence-electron chi connectivity index (χ2n) is 4.05. The molecule has 1 spiro atoms. The number of hydrogen-bond donors (Lipinski definition) is 0. The van der Waals surface area contributed by atoms with Crippen LogP contribution < -0.4 is 0 Å². The molecule has 0 bridgehead atoms. The Morgan fingerprint density at radius 3 is 2.33 bits per heavy atom. The van der Waals surface area contributed by atoms with E-state index in [1.54, 1.807) is 4.90 Å². The molecule has 2 aliphatic rings. The highest BCUT2D eigenvalue weighted by molar-refractivity contribution is 5.79. The molecule has 0 radical (unpaired) electrons. The molecule has 0 atom stereocenters. The minimum Gasteiger partial charge on any atom is -0.344 e. The van der Waals surface area contributed by atoms with E-state index in [2.05, 4.69) is 0 Å². The molecule has 2 rings (SSSR count). The molecule has 12 heavy (non-hydrogen) atoms. The predicted molar refractivity (Wildman–Crippen MR) is 43.5 cm³/mol. The van der Waals surface area contributed by atoms with Gasteiger partial charge in [-0.1, -0.05) is 0 Å². The number of nitrogens with zero attached hydrogens (tertiary/aromatic N) is 1. The molecule has 1 saturated heterocycles. The first-order valence-electron chi connectivity index (χ1n) is 4.45. The number of rotatable bonds is 1. The highest BCUT2D eigenvalue weighted by atomic mass is 16.1. The first kappa shape index (κ1) is 7.77. The maximum absolute atomic E-state index is 11.0. The van der Waals surface area contributed by atoms with E-state index in [0.717, 1.165) is 45.2 Å². The quantitative estimate of drug-likeness (QED) is 0.536. The monoisotopic (exact) mass is 167 g/mol. The summed E-state index contributed by atoms with van der Waals surface area (Å²) in [5, 5.41) is 0. The third-order valence-electron chi connectivity index (χ3n) is 3.09. The summed E-state index contributed by atoms with van der Waals surface area (Å²) in [7, 11) is 0. The molecule has 1 heterocycles. The molecular formula is C9H13NO2. The minimum atomic E-state index is 0.328. The van der Waals surface area contributed by atoms with Crippen LogP contribution in [0.2, 0.25) is 0 Å². The molecule has 3 heteroatoms. The summed E-state index contributed by atoms with van der Waals surface area (Å²) >= 11 is 0. The highest BCUT2D eigenvalue weighted by Crippen LogP contribution is 2.41.